The fourth-order valence-corrected chi connectivity index (χ4v) is 4.87. The molecule has 0 bridgehead atoms. The minimum atomic E-state index is -3.76. The van der Waals surface area contributed by atoms with Crippen LogP contribution in [0.5, 0.6) is 5.75 Å². The summed E-state index contributed by atoms with van der Waals surface area (Å²) in [4.78, 5) is 16.6. The first-order valence-electron chi connectivity index (χ1n) is 10.8. The van der Waals surface area contributed by atoms with E-state index in [-0.39, 0.29) is 33.0 Å². The number of ether oxygens (including phenoxy) is 1. The Labute approximate surface area is 202 Å². The van der Waals surface area contributed by atoms with Crippen LogP contribution < -0.4 is 10.1 Å². The number of hydrogen-bond donors (Lipinski definition) is 1. The predicted molar refractivity (Wildman–Crippen MR) is 129 cm³/mol. The number of sulfone groups is 1. The molecule has 0 saturated heterocycles. The van der Waals surface area contributed by atoms with Gasteiger partial charge in [-0.05, 0) is 54.4 Å². The molecule has 1 N–H and O–H groups in total. The highest BCUT2D eigenvalue weighted by Crippen LogP contribution is 2.30. The summed E-state index contributed by atoms with van der Waals surface area (Å²) in [6.07, 6.45) is 5.05. The van der Waals surface area contributed by atoms with Crippen molar-refractivity contribution in [2.75, 3.05) is 6.61 Å². The number of amides is 1. The minimum Gasteiger partial charge on any atom is -0.492 e. The first-order chi connectivity index (χ1) is 16.4. The molecule has 34 heavy (non-hydrogen) atoms. The second kappa shape index (κ2) is 10.3. The second-order valence-corrected chi connectivity index (χ2v) is 10.0. The average Bonchev–Trinajstić information content (AvgIpc) is 3.28. The number of rotatable bonds is 9. The van der Waals surface area contributed by atoms with Gasteiger partial charge in [0.2, 0.25) is 9.84 Å². The van der Waals surface area contributed by atoms with Gasteiger partial charge in [0.15, 0.2) is 11.3 Å². The number of fused-ring (bicyclic) bond motifs is 1. The number of carbonyl (C=O) groups excluding carboxylic acids is 1. The topological polar surface area (TPSA) is 98.5 Å². The molecule has 2 aromatic heterocycles. The number of halogens is 1. The van der Waals surface area contributed by atoms with Crippen LogP contribution in [0.25, 0.3) is 11.0 Å². The van der Waals surface area contributed by atoms with E-state index < -0.39 is 9.84 Å². The molecule has 0 saturated carbocycles. The predicted octanol–water partition coefficient (Wildman–Crippen LogP) is 5.42. The maximum Gasteiger partial charge on any atom is 0.287 e. The molecule has 4 rings (SSSR count). The third-order valence-electron chi connectivity index (χ3n) is 5.20. The van der Waals surface area contributed by atoms with Crippen molar-refractivity contribution >= 4 is 38.3 Å². The van der Waals surface area contributed by atoms with Gasteiger partial charge in [-0.2, -0.15) is 0 Å². The summed E-state index contributed by atoms with van der Waals surface area (Å²) in [5, 5.41) is 3.80. The molecule has 1 amide bonds. The van der Waals surface area contributed by atoms with Gasteiger partial charge in [0.05, 0.1) is 27.6 Å². The largest absolute Gasteiger partial charge is 0.492 e. The molecule has 2 heterocycles. The maximum atomic E-state index is 13.0. The molecular weight excluding hydrogens is 476 g/mol. The Morgan fingerprint density at radius 1 is 1.09 bits per heavy atom. The molecule has 9 heteroatoms. The van der Waals surface area contributed by atoms with Gasteiger partial charge in [-0.25, -0.2) is 8.42 Å². The molecule has 0 atom stereocenters. The molecule has 0 aliphatic heterocycles. The highest BCUT2D eigenvalue weighted by atomic mass is 35.5. The molecule has 0 unspecified atom stereocenters. The number of unbranched alkanes of at least 4 members (excludes halogenated alkanes) is 1. The number of benzene rings is 2. The van der Waals surface area contributed by atoms with E-state index in [1.807, 2.05) is 0 Å². The number of hydrogen-bond acceptors (Lipinski definition) is 6. The van der Waals surface area contributed by atoms with Gasteiger partial charge in [0.25, 0.3) is 5.91 Å². The first kappa shape index (κ1) is 23.8. The molecule has 0 aliphatic rings. The zero-order valence-electron chi connectivity index (χ0n) is 18.5. The van der Waals surface area contributed by atoms with Crippen LogP contribution >= 0.6 is 11.6 Å². The zero-order chi connectivity index (χ0) is 24.1. The fourth-order valence-electron chi connectivity index (χ4n) is 3.28. The van der Waals surface area contributed by atoms with E-state index in [0.29, 0.717) is 17.9 Å². The van der Waals surface area contributed by atoms with Crippen molar-refractivity contribution in [2.45, 2.75) is 36.1 Å². The smallest absolute Gasteiger partial charge is 0.287 e. The van der Waals surface area contributed by atoms with Crippen LogP contribution in [0.4, 0.5) is 0 Å². The highest BCUT2D eigenvalue weighted by Gasteiger charge is 2.19. The van der Waals surface area contributed by atoms with E-state index in [0.717, 1.165) is 23.8 Å². The van der Waals surface area contributed by atoms with Crippen molar-refractivity contribution < 1.29 is 22.4 Å². The van der Waals surface area contributed by atoms with Crippen molar-refractivity contribution in [2.24, 2.45) is 0 Å². The summed E-state index contributed by atoms with van der Waals surface area (Å²) in [6, 6.07) is 14.2. The van der Waals surface area contributed by atoms with Crippen molar-refractivity contribution in [1.82, 2.24) is 10.3 Å². The number of nitrogens with one attached hydrogen (secondary N) is 1. The van der Waals surface area contributed by atoms with Crippen LogP contribution in [0, 0.1) is 0 Å². The molecule has 0 aliphatic carbocycles. The summed E-state index contributed by atoms with van der Waals surface area (Å²) >= 11 is 6.23. The van der Waals surface area contributed by atoms with Gasteiger partial charge < -0.3 is 14.5 Å². The molecule has 0 spiro atoms. The minimum absolute atomic E-state index is 0.0840. The van der Waals surface area contributed by atoms with Crippen LogP contribution in [0.15, 0.2) is 81.2 Å². The van der Waals surface area contributed by atoms with Crippen LogP contribution in [0.1, 0.15) is 35.9 Å². The number of carbonyl (C=O) groups is 1. The summed E-state index contributed by atoms with van der Waals surface area (Å²) in [5.74, 6) is 0.269. The lowest BCUT2D eigenvalue weighted by Crippen LogP contribution is -2.22. The van der Waals surface area contributed by atoms with Crippen molar-refractivity contribution in [3.8, 4) is 5.75 Å². The van der Waals surface area contributed by atoms with Gasteiger partial charge in [-0.3, -0.25) is 9.78 Å². The lowest BCUT2D eigenvalue weighted by Gasteiger charge is -2.10. The SMILES string of the molecule is CCCCOc1ccc(S(=O)(=O)c2ccc(CNC(=O)c3cc4ccncc4o3)cc2)cc1Cl. The Hall–Kier alpha value is -3.36. The summed E-state index contributed by atoms with van der Waals surface area (Å²) in [6.45, 7) is 2.79. The third-order valence-corrected chi connectivity index (χ3v) is 7.27. The van der Waals surface area contributed by atoms with Gasteiger partial charge in [-0.15, -0.1) is 0 Å². The summed E-state index contributed by atoms with van der Waals surface area (Å²) in [5.41, 5.74) is 1.27. The van der Waals surface area contributed by atoms with Crippen LogP contribution in [0.3, 0.4) is 0 Å². The Balaban J connectivity index is 1.42. The molecule has 176 valence electrons. The van der Waals surface area contributed by atoms with Crippen molar-refractivity contribution in [1.29, 1.82) is 0 Å². The van der Waals surface area contributed by atoms with E-state index in [4.69, 9.17) is 20.8 Å². The number of nitrogens with zero attached hydrogens (tertiary/aromatic N) is 1. The number of aromatic nitrogens is 1. The number of furan rings is 1. The van der Waals surface area contributed by atoms with Crippen molar-refractivity contribution in [3.05, 3.63) is 83.3 Å². The lowest BCUT2D eigenvalue weighted by atomic mass is 10.2. The average molecular weight is 499 g/mol. The molecule has 0 radical (unpaired) electrons. The Kier molecular flexibility index (Phi) is 7.19. The van der Waals surface area contributed by atoms with Gasteiger partial charge >= 0.3 is 0 Å². The van der Waals surface area contributed by atoms with E-state index in [2.05, 4.69) is 17.2 Å². The lowest BCUT2D eigenvalue weighted by molar-refractivity contribution is 0.0925. The third kappa shape index (κ3) is 5.24. The molecule has 4 aromatic rings. The Morgan fingerprint density at radius 2 is 1.85 bits per heavy atom. The summed E-state index contributed by atoms with van der Waals surface area (Å²) < 4.78 is 37.1. The molecule has 2 aromatic carbocycles. The second-order valence-electron chi connectivity index (χ2n) is 7.65. The molecule has 7 nitrogen and oxygen atoms in total. The monoisotopic (exact) mass is 498 g/mol. The quantitative estimate of drug-likeness (QED) is 0.309. The van der Waals surface area contributed by atoms with E-state index in [1.54, 1.807) is 42.7 Å². The van der Waals surface area contributed by atoms with Crippen LogP contribution in [0.2, 0.25) is 5.02 Å². The van der Waals surface area contributed by atoms with Crippen LogP contribution in [-0.4, -0.2) is 25.9 Å². The molecule has 0 fully saturated rings. The standard InChI is InChI=1S/C25H23ClN2O5S/c1-2-3-12-32-22-9-8-20(14-21(22)26)34(30,31)19-6-4-17(5-7-19)15-28-25(29)23-13-18-10-11-27-16-24(18)33-23/h4-11,13-14,16H,2-3,12,15H2,1H3,(H,28,29). The fraction of sp³-hybridized carbons (Fsp3) is 0.200. The van der Waals surface area contributed by atoms with Crippen molar-refractivity contribution in [3.63, 3.8) is 0 Å². The van der Waals surface area contributed by atoms with E-state index in [9.17, 15) is 13.2 Å². The maximum absolute atomic E-state index is 13.0. The Morgan fingerprint density at radius 3 is 2.56 bits per heavy atom. The van der Waals surface area contributed by atoms with Gasteiger partial charge in [0.1, 0.15) is 5.75 Å². The van der Waals surface area contributed by atoms with E-state index in [1.165, 1.54) is 24.3 Å². The van der Waals surface area contributed by atoms with Crippen LogP contribution in [-0.2, 0) is 16.4 Å². The van der Waals surface area contributed by atoms with E-state index >= 15 is 0 Å². The summed E-state index contributed by atoms with van der Waals surface area (Å²) in [7, 11) is -3.76. The highest BCUT2D eigenvalue weighted by molar-refractivity contribution is 7.91. The normalized spacial score (nSPS) is 11.5. The van der Waals surface area contributed by atoms with Gasteiger partial charge in [0, 0.05) is 18.1 Å². The van der Waals surface area contributed by atoms with Gasteiger partial charge in [-0.1, -0.05) is 37.1 Å². The first-order valence-corrected chi connectivity index (χ1v) is 12.6. The zero-order valence-corrected chi connectivity index (χ0v) is 20.0. The Bertz CT molecular complexity index is 1380. The molecular formula is C25H23ClN2O5S. The number of pyridine rings is 1.